The Morgan fingerprint density at radius 3 is 2.60 bits per heavy atom. The van der Waals surface area contributed by atoms with Crippen molar-refractivity contribution >= 4 is 5.91 Å². The number of halogens is 1. The summed E-state index contributed by atoms with van der Waals surface area (Å²) in [6.45, 7) is 0. The monoisotopic (exact) mass is 277 g/mol. The molecule has 5 heteroatoms. The molecule has 1 aromatic carbocycles. The molecule has 2 aliphatic heterocycles. The van der Waals surface area contributed by atoms with E-state index in [-0.39, 0.29) is 24.0 Å². The van der Waals surface area contributed by atoms with Gasteiger partial charge in [0.05, 0.1) is 12.1 Å². The first kappa shape index (κ1) is 12.3. The normalized spacial score (nSPS) is 39.2. The van der Waals surface area contributed by atoms with E-state index in [1.807, 2.05) is 0 Å². The molecule has 2 saturated heterocycles. The van der Waals surface area contributed by atoms with Crippen molar-refractivity contribution in [2.24, 2.45) is 0 Å². The SMILES string of the molecule is O=C1N2[C@@H](CC[C@H]2c2ccc(F)cc2)OC12CC(O)C2. The lowest BCUT2D eigenvalue weighted by molar-refractivity contribution is -0.165. The summed E-state index contributed by atoms with van der Waals surface area (Å²) in [5.74, 6) is -0.287. The summed E-state index contributed by atoms with van der Waals surface area (Å²) in [6, 6.07) is 6.28. The largest absolute Gasteiger partial charge is 0.393 e. The van der Waals surface area contributed by atoms with Crippen molar-refractivity contribution in [3.63, 3.8) is 0 Å². The number of amides is 1. The van der Waals surface area contributed by atoms with Gasteiger partial charge in [0.1, 0.15) is 12.0 Å². The second-order valence-corrected chi connectivity index (χ2v) is 5.99. The summed E-state index contributed by atoms with van der Waals surface area (Å²) in [5, 5.41) is 9.48. The zero-order valence-corrected chi connectivity index (χ0v) is 11.0. The molecular formula is C15H16FNO3. The van der Waals surface area contributed by atoms with E-state index in [1.54, 1.807) is 17.0 Å². The molecule has 4 nitrogen and oxygen atoms in total. The lowest BCUT2D eigenvalue weighted by Crippen LogP contribution is -2.54. The van der Waals surface area contributed by atoms with Crippen LogP contribution in [0.3, 0.4) is 0 Å². The molecule has 3 fully saturated rings. The summed E-state index contributed by atoms with van der Waals surface area (Å²) in [5.41, 5.74) is 0.158. The highest BCUT2D eigenvalue weighted by Crippen LogP contribution is 2.51. The van der Waals surface area contributed by atoms with Gasteiger partial charge in [0, 0.05) is 12.8 Å². The minimum absolute atomic E-state index is 0.0142. The van der Waals surface area contributed by atoms with Crippen molar-refractivity contribution in [3.8, 4) is 0 Å². The van der Waals surface area contributed by atoms with E-state index in [4.69, 9.17) is 4.74 Å². The Morgan fingerprint density at radius 1 is 1.25 bits per heavy atom. The van der Waals surface area contributed by atoms with Crippen LogP contribution in [-0.4, -0.2) is 33.8 Å². The Kier molecular flexibility index (Phi) is 2.47. The topological polar surface area (TPSA) is 49.8 Å². The number of nitrogens with zero attached hydrogens (tertiary/aromatic N) is 1. The Labute approximate surface area is 116 Å². The van der Waals surface area contributed by atoms with Crippen LogP contribution in [0.5, 0.6) is 0 Å². The molecule has 3 aliphatic rings. The predicted molar refractivity (Wildman–Crippen MR) is 68.1 cm³/mol. The van der Waals surface area contributed by atoms with Crippen molar-refractivity contribution in [1.29, 1.82) is 0 Å². The highest BCUT2D eigenvalue weighted by atomic mass is 19.1. The van der Waals surface area contributed by atoms with Crippen molar-refractivity contribution in [3.05, 3.63) is 35.6 Å². The van der Waals surface area contributed by atoms with Crippen molar-refractivity contribution in [2.45, 2.75) is 49.7 Å². The van der Waals surface area contributed by atoms with Crippen LogP contribution in [-0.2, 0) is 9.53 Å². The average Bonchev–Trinajstić information content (AvgIpc) is 2.90. The van der Waals surface area contributed by atoms with Crippen LogP contribution in [0.4, 0.5) is 4.39 Å². The second kappa shape index (κ2) is 4.02. The minimum Gasteiger partial charge on any atom is -0.393 e. The standard InChI is InChI=1S/C15H16FNO3/c16-10-3-1-9(2-4-10)12-5-6-13-17(12)14(19)15(20-13)7-11(18)8-15/h1-4,11-13,18H,5-8H2/t11?,12-,13+,15?/m0/s1. The van der Waals surface area contributed by atoms with Crippen LogP contribution >= 0.6 is 0 Å². The van der Waals surface area contributed by atoms with Crippen molar-refractivity contribution < 1.29 is 19.0 Å². The smallest absolute Gasteiger partial charge is 0.257 e. The van der Waals surface area contributed by atoms with Crippen LogP contribution in [0.15, 0.2) is 24.3 Å². The number of fused-ring (bicyclic) bond motifs is 1. The van der Waals surface area contributed by atoms with Crippen molar-refractivity contribution in [2.75, 3.05) is 0 Å². The van der Waals surface area contributed by atoms with E-state index in [0.717, 1.165) is 18.4 Å². The molecule has 1 saturated carbocycles. The van der Waals surface area contributed by atoms with Gasteiger partial charge in [-0.15, -0.1) is 0 Å². The molecule has 1 amide bonds. The molecule has 1 aromatic rings. The van der Waals surface area contributed by atoms with Gasteiger partial charge >= 0.3 is 0 Å². The molecular weight excluding hydrogens is 261 g/mol. The number of hydrogen-bond acceptors (Lipinski definition) is 3. The zero-order valence-electron chi connectivity index (χ0n) is 11.0. The minimum atomic E-state index is -0.789. The molecule has 0 bridgehead atoms. The van der Waals surface area contributed by atoms with E-state index in [1.165, 1.54) is 12.1 Å². The van der Waals surface area contributed by atoms with Crippen LogP contribution in [0.25, 0.3) is 0 Å². The number of carbonyl (C=O) groups excluding carboxylic acids is 1. The summed E-state index contributed by atoms with van der Waals surface area (Å²) < 4.78 is 18.9. The molecule has 4 rings (SSSR count). The number of rotatable bonds is 1. The van der Waals surface area contributed by atoms with E-state index < -0.39 is 11.7 Å². The molecule has 20 heavy (non-hydrogen) atoms. The molecule has 0 aromatic heterocycles. The van der Waals surface area contributed by atoms with Crippen LogP contribution < -0.4 is 0 Å². The van der Waals surface area contributed by atoms with Crippen molar-refractivity contribution in [1.82, 2.24) is 4.90 Å². The molecule has 0 unspecified atom stereocenters. The van der Waals surface area contributed by atoms with Gasteiger partial charge in [0.15, 0.2) is 5.60 Å². The number of hydrogen-bond donors (Lipinski definition) is 1. The quantitative estimate of drug-likeness (QED) is 0.850. The fourth-order valence-corrected chi connectivity index (χ4v) is 3.70. The summed E-state index contributed by atoms with van der Waals surface area (Å²) in [4.78, 5) is 14.4. The van der Waals surface area contributed by atoms with E-state index >= 15 is 0 Å². The Morgan fingerprint density at radius 2 is 1.95 bits per heavy atom. The number of aliphatic hydroxyl groups is 1. The van der Waals surface area contributed by atoms with E-state index in [2.05, 4.69) is 0 Å². The van der Waals surface area contributed by atoms with Gasteiger partial charge in [-0.05, 0) is 30.5 Å². The second-order valence-electron chi connectivity index (χ2n) is 5.99. The number of benzene rings is 1. The fourth-order valence-electron chi connectivity index (χ4n) is 3.70. The van der Waals surface area contributed by atoms with Gasteiger partial charge in [-0.1, -0.05) is 12.1 Å². The Bertz CT molecular complexity index is 553. The third kappa shape index (κ3) is 1.56. The Hall–Kier alpha value is -1.46. The predicted octanol–water partition coefficient (Wildman–Crippen LogP) is 1.74. The molecule has 2 heterocycles. The maximum atomic E-state index is 13.0. The van der Waals surface area contributed by atoms with Crippen LogP contribution in [0.2, 0.25) is 0 Å². The van der Waals surface area contributed by atoms with Crippen LogP contribution in [0, 0.1) is 5.82 Å². The van der Waals surface area contributed by atoms with Gasteiger partial charge in [-0.3, -0.25) is 4.79 Å². The summed E-state index contributed by atoms with van der Waals surface area (Å²) >= 11 is 0. The van der Waals surface area contributed by atoms with Gasteiger partial charge in [0.25, 0.3) is 5.91 Å². The molecule has 2 atom stereocenters. The molecule has 0 radical (unpaired) electrons. The fraction of sp³-hybridized carbons (Fsp3) is 0.533. The molecule has 1 spiro atoms. The highest BCUT2D eigenvalue weighted by Gasteiger charge is 2.62. The van der Waals surface area contributed by atoms with Gasteiger partial charge in [0.2, 0.25) is 0 Å². The first-order chi connectivity index (χ1) is 9.59. The number of aliphatic hydroxyl groups excluding tert-OH is 1. The average molecular weight is 277 g/mol. The van der Waals surface area contributed by atoms with E-state index in [0.29, 0.717) is 12.8 Å². The van der Waals surface area contributed by atoms with E-state index in [9.17, 15) is 14.3 Å². The maximum absolute atomic E-state index is 13.0. The zero-order chi connectivity index (χ0) is 13.9. The van der Waals surface area contributed by atoms with Gasteiger partial charge in [-0.2, -0.15) is 0 Å². The third-order valence-corrected chi connectivity index (χ3v) is 4.70. The lowest BCUT2D eigenvalue weighted by atomic mass is 9.76. The van der Waals surface area contributed by atoms with Gasteiger partial charge in [-0.25, -0.2) is 4.39 Å². The molecule has 1 N–H and O–H groups in total. The molecule has 1 aliphatic carbocycles. The first-order valence-corrected chi connectivity index (χ1v) is 7.03. The summed E-state index contributed by atoms with van der Waals surface area (Å²) in [7, 11) is 0. The third-order valence-electron chi connectivity index (χ3n) is 4.70. The number of carbonyl (C=O) groups is 1. The summed E-state index contributed by atoms with van der Waals surface area (Å²) in [6.07, 6.45) is 1.81. The Balaban J connectivity index is 1.62. The molecule has 106 valence electrons. The van der Waals surface area contributed by atoms with Crippen LogP contribution in [0.1, 0.15) is 37.3 Å². The maximum Gasteiger partial charge on any atom is 0.257 e. The number of ether oxygens (including phenoxy) is 1. The highest BCUT2D eigenvalue weighted by molar-refractivity contribution is 5.89. The lowest BCUT2D eigenvalue weighted by Gasteiger charge is -2.39. The van der Waals surface area contributed by atoms with Gasteiger partial charge < -0.3 is 14.7 Å². The first-order valence-electron chi connectivity index (χ1n) is 7.03.